The van der Waals surface area contributed by atoms with Gasteiger partial charge in [0, 0.05) is 23.3 Å². The van der Waals surface area contributed by atoms with Gasteiger partial charge in [-0.3, -0.25) is 4.79 Å². The number of ketones is 1. The van der Waals surface area contributed by atoms with Crippen molar-refractivity contribution in [3.8, 4) is 0 Å². The molecule has 6 atom stereocenters. The van der Waals surface area contributed by atoms with Gasteiger partial charge in [-0.25, -0.2) is 4.79 Å². The van der Waals surface area contributed by atoms with Gasteiger partial charge in [0.15, 0.2) is 5.78 Å². The maximum Gasteiger partial charge on any atom is 0.331 e. The predicted octanol–water partition coefficient (Wildman–Crippen LogP) is 4.37. The normalized spacial score (nSPS) is 50.3. The molecule has 0 saturated heterocycles. The van der Waals surface area contributed by atoms with Crippen LogP contribution in [-0.2, 0) is 14.3 Å². The molecule has 3 unspecified atom stereocenters. The highest BCUT2D eigenvalue weighted by Crippen LogP contribution is 2.78. The molecule has 0 bridgehead atoms. The number of ether oxygens (including phenoxy) is 1. The van der Waals surface area contributed by atoms with Crippen LogP contribution in [0, 0.1) is 34.5 Å². The minimum absolute atomic E-state index is 0.0963. The van der Waals surface area contributed by atoms with Crippen molar-refractivity contribution < 1.29 is 14.3 Å². The molecule has 0 aromatic heterocycles. The van der Waals surface area contributed by atoms with Crippen molar-refractivity contribution >= 4 is 11.8 Å². The lowest BCUT2D eigenvalue weighted by atomic mass is 9.50. The molecule has 1 aliphatic heterocycles. The lowest BCUT2D eigenvalue weighted by Crippen LogP contribution is -2.54. The largest absolute Gasteiger partial charge is 0.450 e. The molecule has 1 heterocycles. The zero-order valence-corrected chi connectivity index (χ0v) is 15.6. The summed E-state index contributed by atoms with van der Waals surface area (Å²) in [6, 6.07) is 0. The molecule has 0 radical (unpaired) electrons. The van der Waals surface area contributed by atoms with Crippen molar-refractivity contribution in [3.63, 3.8) is 0 Å². The number of rotatable bonds is 0. The highest BCUT2D eigenvalue weighted by Gasteiger charge is 2.77. The number of fused-ring (bicyclic) bond motifs is 7. The average molecular weight is 352 g/mol. The van der Waals surface area contributed by atoms with Crippen LogP contribution in [0.2, 0.25) is 0 Å². The van der Waals surface area contributed by atoms with Gasteiger partial charge in [0.2, 0.25) is 0 Å². The minimum Gasteiger partial charge on any atom is -0.450 e. The van der Waals surface area contributed by atoms with Crippen LogP contribution in [0.1, 0.15) is 64.7 Å². The Morgan fingerprint density at radius 1 is 1.04 bits per heavy atom. The van der Waals surface area contributed by atoms with E-state index in [0.717, 1.165) is 37.5 Å². The van der Waals surface area contributed by atoms with Crippen LogP contribution < -0.4 is 0 Å². The zero-order chi connectivity index (χ0) is 17.7. The van der Waals surface area contributed by atoms with E-state index in [1.807, 2.05) is 6.08 Å². The Balaban J connectivity index is 1.39. The first-order valence-electron chi connectivity index (χ1n) is 10.6. The first-order valence-corrected chi connectivity index (χ1v) is 10.6. The Labute approximate surface area is 155 Å². The molecule has 0 aromatic carbocycles. The van der Waals surface area contributed by atoms with E-state index in [9.17, 15) is 9.59 Å². The second kappa shape index (κ2) is 4.72. The Morgan fingerprint density at radius 3 is 2.62 bits per heavy atom. The summed E-state index contributed by atoms with van der Waals surface area (Å²) in [5, 5.41) is 0. The molecule has 3 heteroatoms. The van der Waals surface area contributed by atoms with Gasteiger partial charge < -0.3 is 4.74 Å². The summed E-state index contributed by atoms with van der Waals surface area (Å²) in [7, 11) is 0. The Morgan fingerprint density at radius 2 is 1.88 bits per heavy atom. The lowest BCUT2D eigenvalue weighted by molar-refractivity contribution is -0.168. The van der Waals surface area contributed by atoms with Crippen LogP contribution >= 0.6 is 0 Å². The standard InChI is InChI=1S/C23H28O3/c1-21-8-6-17-16-5-3-15(24)12-14(16)2-4-18(17)19(21)13-22(10-11-22)23(21)9-7-20(25)26-23/h7,9,12,16-19H,2-6,8,10-11,13H2,1H3/t16-,17?,18?,19?,21-,23+/m0/s1. The van der Waals surface area contributed by atoms with Gasteiger partial charge in [-0.1, -0.05) is 12.5 Å². The molecule has 2 spiro atoms. The molecular weight excluding hydrogens is 324 g/mol. The third kappa shape index (κ3) is 1.67. The molecule has 4 fully saturated rings. The van der Waals surface area contributed by atoms with E-state index in [-0.39, 0.29) is 22.4 Å². The summed E-state index contributed by atoms with van der Waals surface area (Å²) in [5.74, 6) is 3.01. The molecule has 26 heavy (non-hydrogen) atoms. The third-order valence-electron chi connectivity index (χ3n) is 9.51. The van der Waals surface area contributed by atoms with Crippen LogP contribution in [0.3, 0.4) is 0 Å². The molecule has 0 aromatic rings. The van der Waals surface area contributed by atoms with Crippen molar-refractivity contribution in [2.75, 3.05) is 0 Å². The number of carbonyl (C=O) groups is 2. The molecule has 6 rings (SSSR count). The second-order valence-electron chi connectivity index (χ2n) is 10.2. The van der Waals surface area contributed by atoms with E-state index >= 15 is 0 Å². The molecular formula is C23H28O3. The van der Waals surface area contributed by atoms with Crippen LogP contribution in [0.4, 0.5) is 0 Å². The highest BCUT2D eigenvalue weighted by molar-refractivity contribution is 5.91. The van der Waals surface area contributed by atoms with E-state index < -0.39 is 0 Å². The fourth-order valence-electron chi connectivity index (χ4n) is 8.25. The van der Waals surface area contributed by atoms with Gasteiger partial charge >= 0.3 is 5.97 Å². The summed E-state index contributed by atoms with van der Waals surface area (Å²) < 4.78 is 6.15. The third-order valence-corrected chi connectivity index (χ3v) is 9.51. The Hall–Kier alpha value is -1.38. The SMILES string of the molecule is C[C@]12CCC3C(CCC4=CC(=O)CC[C@@H]43)C1CC1(CC1)[C@@]21C=CC(=O)O1. The molecule has 0 N–H and O–H groups in total. The fraction of sp³-hybridized carbons (Fsp3) is 0.739. The molecule has 5 aliphatic carbocycles. The average Bonchev–Trinajstić information content (AvgIpc) is 3.24. The van der Waals surface area contributed by atoms with Gasteiger partial charge in [0.1, 0.15) is 5.60 Å². The van der Waals surface area contributed by atoms with Gasteiger partial charge in [0.05, 0.1) is 0 Å². The maximum absolute atomic E-state index is 12.1. The van der Waals surface area contributed by atoms with Crippen molar-refractivity contribution in [1.29, 1.82) is 0 Å². The topological polar surface area (TPSA) is 43.4 Å². The maximum atomic E-state index is 12.1. The Bertz CT molecular complexity index is 772. The summed E-state index contributed by atoms with van der Waals surface area (Å²) in [4.78, 5) is 24.0. The number of hydrogen-bond acceptors (Lipinski definition) is 3. The molecule has 3 nitrogen and oxygen atoms in total. The van der Waals surface area contributed by atoms with E-state index in [0.29, 0.717) is 17.6 Å². The van der Waals surface area contributed by atoms with Crippen LogP contribution in [0.15, 0.2) is 23.8 Å². The summed E-state index contributed by atoms with van der Waals surface area (Å²) in [6.07, 6.45) is 16.1. The second-order valence-corrected chi connectivity index (χ2v) is 10.2. The van der Waals surface area contributed by atoms with E-state index in [1.165, 1.54) is 37.7 Å². The van der Waals surface area contributed by atoms with Gasteiger partial charge in [-0.2, -0.15) is 0 Å². The quantitative estimate of drug-likeness (QED) is 0.608. The molecule has 0 amide bonds. The number of allylic oxidation sites excluding steroid dienone is 1. The zero-order valence-electron chi connectivity index (χ0n) is 15.6. The summed E-state index contributed by atoms with van der Waals surface area (Å²) in [5.41, 5.74) is 1.44. The summed E-state index contributed by atoms with van der Waals surface area (Å²) in [6.45, 7) is 2.43. The van der Waals surface area contributed by atoms with Crippen molar-refractivity contribution in [2.24, 2.45) is 34.5 Å². The monoisotopic (exact) mass is 352 g/mol. The summed E-state index contributed by atoms with van der Waals surface area (Å²) >= 11 is 0. The fourth-order valence-corrected chi connectivity index (χ4v) is 8.25. The lowest BCUT2D eigenvalue weighted by Gasteiger charge is -2.55. The molecule has 138 valence electrons. The van der Waals surface area contributed by atoms with Gasteiger partial charge in [-0.15, -0.1) is 0 Å². The van der Waals surface area contributed by atoms with E-state index in [2.05, 4.69) is 13.0 Å². The Kier molecular flexibility index (Phi) is 2.84. The van der Waals surface area contributed by atoms with Crippen LogP contribution in [-0.4, -0.2) is 17.4 Å². The van der Waals surface area contributed by atoms with Gasteiger partial charge in [-0.05, 0) is 87.2 Å². The van der Waals surface area contributed by atoms with E-state index in [4.69, 9.17) is 4.74 Å². The first-order chi connectivity index (χ1) is 12.5. The van der Waals surface area contributed by atoms with Crippen molar-refractivity contribution in [2.45, 2.75) is 70.3 Å². The van der Waals surface area contributed by atoms with Crippen molar-refractivity contribution in [3.05, 3.63) is 23.8 Å². The minimum atomic E-state index is -0.328. The highest BCUT2D eigenvalue weighted by atomic mass is 16.6. The first kappa shape index (κ1) is 15.7. The smallest absolute Gasteiger partial charge is 0.331 e. The number of hydrogen-bond donors (Lipinski definition) is 0. The predicted molar refractivity (Wildman–Crippen MR) is 97.1 cm³/mol. The van der Waals surface area contributed by atoms with Crippen LogP contribution in [0.25, 0.3) is 0 Å². The number of esters is 1. The molecule has 4 saturated carbocycles. The van der Waals surface area contributed by atoms with Crippen LogP contribution in [0.5, 0.6) is 0 Å². The molecule has 6 aliphatic rings. The number of carbonyl (C=O) groups excluding carboxylic acids is 2. The van der Waals surface area contributed by atoms with E-state index in [1.54, 1.807) is 6.08 Å². The van der Waals surface area contributed by atoms with Crippen molar-refractivity contribution in [1.82, 2.24) is 0 Å². The van der Waals surface area contributed by atoms with Gasteiger partial charge in [0.25, 0.3) is 0 Å².